The van der Waals surface area contributed by atoms with Crippen LogP contribution in [0.2, 0.25) is 0 Å². The Morgan fingerprint density at radius 2 is 1.67 bits per heavy atom. The predicted molar refractivity (Wildman–Crippen MR) is 131 cm³/mol. The van der Waals surface area contributed by atoms with Gasteiger partial charge in [0.25, 0.3) is 11.8 Å². The topological polar surface area (TPSA) is 94.0 Å². The van der Waals surface area contributed by atoms with E-state index in [-0.39, 0.29) is 11.4 Å². The molecule has 0 fully saturated rings. The van der Waals surface area contributed by atoms with Crippen molar-refractivity contribution >= 4 is 29.8 Å². The molecule has 0 atom stereocenters. The maximum atomic E-state index is 12.9. The van der Waals surface area contributed by atoms with Crippen molar-refractivity contribution in [3.05, 3.63) is 101 Å². The third kappa shape index (κ3) is 6.54. The minimum Gasteiger partial charge on any atom is -0.507 e. The molecule has 0 bridgehead atoms. The average Bonchev–Trinajstić information content (AvgIpc) is 2.81. The van der Waals surface area contributed by atoms with E-state index in [1.807, 2.05) is 56.3 Å². The van der Waals surface area contributed by atoms with Crippen LogP contribution in [0.1, 0.15) is 27.0 Å². The Kier molecular flexibility index (Phi) is 7.60. The van der Waals surface area contributed by atoms with Crippen LogP contribution in [0.3, 0.4) is 0 Å². The van der Waals surface area contributed by atoms with Gasteiger partial charge in [0, 0.05) is 30.9 Å². The molecule has 0 unspecified atom stereocenters. The van der Waals surface area contributed by atoms with Gasteiger partial charge in [0.05, 0.1) is 6.21 Å². The number of nitrogens with zero attached hydrogens (tertiary/aromatic N) is 2. The maximum Gasteiger partial charge on any atom is 0.287 e. The van der Waals surface area contributed by atoms with Gasteiger partial charge in [-0.25, -0.2) is 5.43 Å². The van der Waals surface area contributed by atoms with E-state index >= 15 is 0 Å². The van der Waals surface area contributed by atoms with Crippen LogP contribution < -0.4 is 15.6 Å². The summed E-state index contributed by atoms with van der Waals surface area (Å²) >= 11 is 0. The monoisotopic (exact) mass is 442 g/mol. The summed E-state index contributed by atoms with van der Waals surface area (Å²) in [4.78, 5) is 27.5. The van der Waals surface area contributed by atoms with Crippen LogP contribution in [0.15, 0.2) is 83.6 Å². The van der Waals surface area contributed by atoms with Gasteiger partial charge in [-0.05, 0) is 55.0 Å². The lowest BCUT2D eigenvalue weighted by atomic mass is 10.1. The van der Waals surface area contributed by atoms with Crippen molar-refractivity contribution in [3.63, 3.8) is 0 Å². The van der Waals surface area contributed by atoms with Crippen molar-refractivity contribution in [1.29, 1.82) is 0 Å². The van der Waals surface area contributed by atoms with Gasteiger partial charge in [0.2, 0.25) is 0 Å². The van der Waals surface area contributed by atoms with Crippen LogP contribution in [0, 0.1) is 6.92 Å². The molecule has 3 N–H and O–H groups in total. The standard InChI is InChI=1S/C26H26N4O3/c1-18-9-14-24(31)21(15-18)17-27-29-26(33)23(28-25(32)20-7-5-4-6-8-20)16-19-10-12-22(13-11-19)30(2)3/h4-17,31H,1-3H3,(H,28,32)(H,29,33)/b23-16+,27-17+. The van der Waals surface area contributed by atoms with E-state index in [0.717, 1.165) is 16.8 Å². The second-order valence-corrected chi connectivity index (χ2v) is 7.63. The quantitative estimate of drug-likeness (QED) is 0.296. The molecule has 0 heterocycles. The van der Waals surface area contributed by atoms with Crippen molar-refractivity contribution in [2.24, 2.45) is 5.10 Å². The van der Waals surface area contributed by atoms with Gasteiger partial charge in [0.1, 0.15) is 11.4 Å². The highest BCUT2D eigenvalue weighted by Gasteiger charge is 2.14. The molecule has 0 aliphatic heterocycles. The summed E-state index contributed by atoms with van der Waals surface area (Å²) in [6.07, 6.45) is 2.93. The zero-order chi connectivity index (χ0) is 23.8. The van der Waals surface area contributed by atoms with Crippen LogP contribution >= 0.6 is 0 Å². The first-order chi connectivity index (χ1) is 15.8. The number of benzene rings is 3. The van der Waals surface area contributed by atoms with Gasteiger partial charge in [0.15, 0.2) is 0 Å². The number of phenolic OH excluding ortho intramolecular Hbond substituents is 1. The summed E-state index contributed by atoms with van der Waals surface area (Å²) in [7, 11) is 3.88. The van der Waals surface area contributed by atoms with Crippen LogP contribution in [0.25, 0.3) is 6.08 Å². The highest BCUT2D eigenvalue weighted by Crippen LogP contribution is 2.16. The van der Waals surface area contributed by atoms with Crippen LogP contribution in [0.4, 0.5) is 5.69 Å². The third-order valence-corrected chi connectivity index (χ3v) is 4.80. The van der Waals surface area contributed by atoms with Crippen molar-refractivity contribution in [2.45, 2.75) is 6.92 Å². The van der Waals surface area contributed by atoms with Crippen LogP contribution in [-0.2, 0) is 4.79 Å². The van der Waals surface area contributed by atoms with Crippen molar-refractivity contribution < 1.29 is 14.7 Å². The fourth-order valence-corrected chi connectivity index (χ4v) is 2.98. The molecular weight excluding hydrogens is 416 g/mol. The summed E-state index contributed by atoms with van der Waals surface area (Å²) in [6, 6.07) is 21.2. The van der Waals surface area contributed by atoms with E-state index in [1.54, 1.807) is 48.5 Å². The summed E-state index contributed by atoms with van der Waals surface area (Å²) in [6.45, 7) is 1.89. The van der Waals surface area contributed by atoms with Gasteiger partial charge in [-0.2, -0.15) is 5.10 Å². The first-order valence-corrected chi connectivity index (χ1v) is 10.3. The zero-order valence-corrected chi connectivity index (χ0v) is 18.7. The number of rotatable bonds is 7. The molecule has 3 aromatic rings. The molecule has 33 heavy (non-hydrogen) atoms. The summed E-state index contributed by atoms with van der Waals surface area (Å²) in [5, 5.41) is 16.5. The Bertz CT molecular complexity index is 1180. The maximum absolute atomic E-state index is 12.9. The molecule has 0 aromatic heterocycles. The number of nitrogens with one attached hydrogen (secondary N) is 2. The van der Waals surface area contributed by atoms with Gasteiger partial charge < -0.3 is 15.3 Å². The van der Waals surface area contributed by atoms with E-state index in [4.69, 9.17) is 0 Å². The Morgan fingerprint density at radius 3 is 2.33 bits per heavy atom. The van der Waals surface area contributed by atoms with Crippen LogP contribution in [0.5, 0.6) is 5.75 Å². The molecule has 3 aromatic carbocycles. The van der Waals surface area contributed by atoms with E-state index in [9.17, 15) is 14.7 Å². The number of carbonyl (C=O) groups excluding carboxylic acids is 2. The molecule has 168 valence electrons. The van der Waals surface area contributed by atoms with E-state index in [0.29, 0.717) is 11.1 Å². The predicted octanol–water partition coefficient (Wildman–Crippen LogP) is 3.69. The molecular formula is C26H26N4O3. The number of amides is 2. The molecule has 0 radical (unpaired) electrons. The van der Waals surface area contributed by atoms with Gasteiger partial charge in [-0.1, -0.05) is 42.0 Å². The minimum atomic E-state index is -0.598. The van der Waals surface area contributed by atoms with Crippen LogP contribution in [-0.4, -0.2) is 37.2 Å². The summed E-state index contributed by atoms with van der Waals surface area (Å²) in [5.41, 5.74) is 6.02. The lowest BCUT2D eigenvalue weighted by Crippen LogP contribution is -2.32. The summed E-state index contributed by atoms with van der Waals surface area (Å²) < 4.78 is 0. The Hall–Kier alpha value is -4.39. The normalized spacial score (nSPS) is 11.3. The number of hydrogen-bond acceptors (Lipinski definition) is 5. The Labute approximate surface area is 193 Å². The number of aryl methyl sites for hydroxylation is 1. The fraction of sp³-hybridized carbons (Fsp3) is 0.115. The Balaban J connectivity index is 1.83. The molecule has 2 amide bonds. The largest absolute Gasteiger partial charge is 0.507 e. The number of hydrogen-bond donors (Lipinski definition) is 3. The van der Waals surface area contributed by atoms with Crippen molar-refractivity contribution in [2.75, 3.05) is 19.0 Å². The lowest BCUT2D eigenvalue weighted by molar-refractivity contribution is -0.117. The lowest BCUT2D eigenvalue weighted by Gasteiger charge is -2.12. The molecule has 3 rings (SSSR count). The molecule has 0 aliphatic rings. The molecule has 0 aliphatic carbocycles. The minimum absolute atomic E-state index is 0.0343. The molecule has 7 nitrogen and oxygen atoms in total. The number of carbonyl (C=O) groups is 2. The number of anilines is 1. The number of hydrazone groups is 1. The fourth-order valence-electron chi connectivity index (χ4n) is 2.98. The SMILES string of the molecule is Cc1ccc(O)c(/C=N/NC(=O)/C(=C\c2ccc(N(C)C)cc2)NC(=O)c2ccccc2)c1. The van der Waals surface area contributed by atoms with E-state index in [2.05, 4.69) is 15.8 Å². The first-order valence-electron chi connectivity index (χ1n) is 10.3. The van der Waals surface area contributed by atoms with Gasteiger partial charge >= 0.3 is 0 Å². The van der Waals surface area contributed by atoms with Gasteiger partial charge in [-0.3, -0.25) is 9.59 Å². The molecule has 0 spiro atoms. The molecule has 0 saturated heterocycles. The zero-order valence-electron chi connectivity index (χ0n) is 18.7. The second-order valence-electron chi connectivity index (χ2n) is 7.63. The number of aromatic hydroxyl groups is 1. The smallest absolute Gasteiger partial charge is 0.287 e. The van der Waals surface area contributed by atoms with Crippen molar-refractivity contribution in [1.82, 2.24) is 10.7 Å². The Morgan fingerprint density at radius 1 is 0.970 bits per heavy atom. The molecule has 0 saturated carbocycles. The van der Waals surface area contributed by atoms with Gasteiger partial charge in [-0.15, -0.1) is 0 Å². The second kappa shape index (κ2) is 10.8. The number of phenols is 1. The average molecular weight is 443 g/mol. The van der Waals surface area contributed by atoms with E-state index in [1.165, 1.54) is 6.21 Å². The molecule has 7 heteroatoms. The highest BCUT2D eigenvalue weighted by molar-refractivity contribution is 6.05. The van der Waals surface area contributed by atoms with E-state index < -0.39 is 11.8 Å². The first kappa shape index (κ1) is 23.3. The highest BCUT2D eigenvalue weighted by atomic mass is 16.3. The van der Waals surface area contributed by atoms with Crippen molar-refractivity contribution in [3.8, 4) is 5.75 Å². The summed E-state index contributed by atoms with van der Waals surface area (Å²) in [5.74, 6) is -0.964. The third-order valence-electron chi connectivity index (χ3n) is 4.80.